The quantitative estimate of drug-likeness (QED) is 0.346. The lowest BCUT2D eigenvalue weighted by molar-refractivity contribution is 0.0968. The van der Waals surface area contributed by atoms with Crippen LogP contribution in [0.5, 0.6) is 11.5 Å². The van der Waals surface area contributed by atoms with E-state index in [9.17, 15) is 9.59 Å². The molecule has 5 nitrogen and oxygen atoms in total. The number of para-hydroxylation sites is 2. The first kappa shape index (κ1) is 20.5. The minimum Gasteiger partial charge on any atom is -0.493 e. The topological polar surface area (TPSA) is 57.5 Å². The predicted octanol–water partition coefficient (Wildman–Crippen LogP) is 5.43. The molecule has 1 heterocycles. The lowest BCUT2D eigenvalue weighted by Gasteiger charge is -2.16. The molecule has 0 N–H and O–H groups in total. The SMILES string of the molecule is COc1ccc(C(=O)n2c3ccccc3c(=O)c3ccccc32)cc1OCc1ccccc1. The molecule has 0 atom stereocenters. The lowest BCUT2D eigenvalue weighted by Crippen LogP contribution is -2.18. The van der Waals surface area contributed by atoms with E-state index in [1.54, 1.807) is 66.3 Å². The Morgan fingerprint density at radius 1 is 0.758 bits per heavy atom. The van der Waals surface area contributed by atoms with Gasteiger partial charge in [-0.25, -0.2) is 0 Å². The van der Waals surface area contributed by atoms with Gasteiger partial charge in [0.15, 0.2) is 16.9 Å². The Morgan fingerprint density at radius 3 is 2.00 bits per heavy atom. The molecule has 0 aliphatic rings. The molecule has 0 bridgehead atoms. The Kier molecular flexibility index (Phi) is 5.37. The summed E-state index contributed by atoms with van der Waals surface area (Å²) in [6, 6.07) is 29.2. The van der Waals surface area contributed by atoms with Crippen molar-refractivity contribution in [1.29, 1.82) is 0 Å². The second-order valence-corrected chi connectivity index (χ2v) is 7.64. The number of aromatic nitrogens is 1. The molecule has 0 fully saturated rings. The van der Waals surface area contributed by atoms with Crippen molar-refractivity contribution >= 4 is 27.7 Å². The number of hydrogen-bond acceptors (Lipinski definition) is 4. The molecule has 5 heteroatoms. The van der Waals surface area contributed by atoms with E-state index in [-0.39, 0.29) is 11.3 Å². The maximum absolute atomic E-state index is 13.8. The molecule has 5 aromatic rings. The van der Waals surface area contributed by atoms with E-state index in [0.717, 1.165) is 5.56 Å². The molecule has 0 saturated carbocycles. The smallest absolute Gasteiger partial charge is 0.263 e. The molecule has 4 aromatic carbocycles. The van der Waals surface area contributed by atoms with Crippen LogP contribution in [0, 0.1) is 0 Å². The molecule has 0 aliphatic heterocycles. The number of benzene rings is 4. The van der Waals surface area contributed by atoms with Gasteiger partial charge in [0, 0.05) is 16.3 Å². The molecule has 0 spiro atoms. The van der Waals surface area contributed by atoms with Crippen LogP contribution in [0.3, 0.4) is 0 Å². The third-order valence-electron chi connectivity index (χ3n) is 5.63. The normalized spacial score (nSPS) is 10.9. The molecule has 162 valence electrons. The summed E-state index contributed by atoms with van der Waals surface area (Å²) in [6.07, 6.45) is 0. The largest absolute Gasteiger partial charge is 0.493 e. The highest BCUT2D eigenvalue weighted by atomic mass is 16.5. The Balaban J connectivity index is 1.63. The van der Waals surface area contributed by atoms with Crippen molar-refractivity contribution in [3.8, 4) is 11.5 Å². The summed E-state index contributed by atoms with van der Waals surface area (Å²) in [5, 5.41) is 0.997. The highest BCUT2D eigenvalue weighted by molar-refractivity contribution is 6.08. The average Bonchev–Trinajstić information content (AvgIpc) is 2.88. The van der Waals surface area contributed by atoms with Crippen LogP contribution >= 0.6 is 0 Å². The van der Waals surface area contributed by atoms with Gasteiger partial charge in [0.1, 0.15) is 6.61 Å². The standard InChI is InChI=1S/C28H21NO4/c1-32-25-16-15-20(17-26(25)33-18-19-9-3-2-4-10-19)28(31)29-23-13-7-5-11-21(23)27(30)22-12-6-8-14-24(22)29/h2-17H,18H2,1H3. The van der Waals surface area contributed by atoms with E-state index in [1.807, 2.05) is 42.5 Å². The van der Waals surface area contributed by atoms with Gasteiger partial charge in [-0.05, 0) is 48.0 Å². The van der Waals surface area contributed by atoms with Crippen LogP contribution in [0.1, 0.15) is 15.9 Å². The van der Waals surface area contributed by atoms with E-state index in [2.05, 4.69) is 0 Å². The fourth-order valence-corrected chi connectivity index (χ4v) is 4.00. The first-order chi connectivity index (χ1) is 16.2. The molecule has 33 heavy (non-hydrogen) atoms. The lowest BCUT2D eigenvalue weighted by atomic mass is 10.1. The maximum Gasteiger partial charge on any atom is 0.263 e. The van der Waals surface area contributed by atoms with Crippen molar-refractivity contribution in [2.45, 2.75) is 6.61 Å². The van der Waals surface area contributed by atoms with Crippen LogP contribution in [-0.4, -0.2) is 17.6 Å². The summed E-state index contributed by atoms with van der Waals surface area (Å²) in [6.45, 7) is 0.346. The summed E-state index contributed by atoms with van der Waals surface area (Å²) < 4.78 is 13.0. The third-order valence-corrected chi connectivity index (χ3v) is 5.63. The Hall–Kier alpha value is -4.38. The zero-order valence-electron chi connectivity index (χ0n) is 18.0. The molecule has 0 radical (unpaired) electrons. The number of ether oxygens (including phenoxy) is 2. The van der Waals surface area contributed by atoms with Gasteiger partial charge in [-0.3, -0.25) is 14.2 Å². The van der Waals surface area contributed by atoms with Crippen LogP contribution in [-0.2, 0) is 6.61 Å². The van der Waals surface area contributed by atoms with Crippen molar-refractivity contribution in [3.05, 3.63) is 118 Å². The van der Waals surface area contributed by atoms with Gasteiger partial charge >= 0.3 is 0 Å². The number of carbonyl (C=O) groups is 1. The van der Waals surface area contributed by atoms with E-state index < -0.39 is 0 Å². The third kappa shape index (κ3) is 3.74. The van der Waals surface area contributed by atoms with E-state index in [1.165, 1.54) is 0 Å². The average molecular weight is 435 g/mol. The molecule has 0 unspecified atom stereocenters. The fourth-order valence-electron chi connectivity index (χ4n) is 4.00. The summed E-state index contributed by atoms with van der Waals surface area (Å²) in [5.74, 6) is 0.758. The van der Waals surface area contributed by atoms with Crippen LogP contribution in [0.15, 0.2) is 102 Å². The molecule has 0 aliphatic carbocycles. The van der Waals surface area contributed by atoms with Crippen LogP contribution < -0.4 is 14.9 Å². The molecular weight excluding hydrogens is 414 g/mol. The zero-order valence-corrected chi connectivity index (χ0v) is 18.0. The number of rotatable bonds is 5. The van der Waals surface area contributed by atoms with Gasteiger partial charge in [0.2, 0.25) is 0 Å². The van der Waals surface area contributed by atoms with Gasteiger partial charge in [-0.1, -0.05) is 54.6 Å². The molecule has 0 amide bonds. The van der Waals surface area contributed by atoms with Crippen molar-refractivity contribution < 1.29 is 14.3 Å². The monoisotopic (exact) mass is 435 g/mol. The predicted molar refractivity (Wildman–Crippen MR) is 129 cm³/mol. The first-order valence-corrected chi connectivity index (χ1v) is 10.6. The number of nitrogens with zero attached hydrogens (tertiary/aromatic N) is 1. The minimum absolute atomic E-state index is 0.0909. The molecule has 5 rings (SSSR count). The van der Waals surface area contributed by atoms with Crippen molar-refractivity contribution in [3.63, 3.8) is 0 Å². The van der Waals surface area contributed by atoms with Gasteiger partial charge in [-0.15, -0.1) is 0 Å². The van der Waals surface area contributed by atoms with E-state index >= 15 is 0 Å². The van der Waals surface area contributed by atoms with Crippen molar-refractivity contribution in [2.75, 3.05) is 7.11 Å². The Bertz CT molecular complexity index is 1480. The van der Waals surface area contributed by atoms with Crippen LogP contribution in [0.4, 0.5) is 0 Å². The van der Waals surface area contributed by atoms with Crippen molar-refractivity contribution in [2.24, 2.45) is 0 Å². The minimum atomic E-state index is -0.255. The summed E-state index contributed by atoms with van der Waals surface area (Å²) in [7, 11) is 1.56. The second kappa shape index (κ2) is 8.63. The number of fused-ring (bicyclic) bond motifs is 2. The molecule has 0 saturated heterocycles. The van der Waals surface area contributed by atoms with E-state index in [0.29, 0.717) is 45.5 Å². The van der Waals surface area contributed by atoms with Crippen molar-refractivity contribution in [1.82, 2.24) is 4.57 Å². The highest BCUT2D eigenvalue weighted by Crippen LogP contribution is 2.30. The van der Waals surface area contributed by atoms with Gasteiger partial charge in [0.05, 0.1) is 18.1 Å². The molecule has 1 aromatic heterocycles. The number of hydrogen-bond donors (Lipinski definition) is 0. The Morgan fingerprint density at radius 2 is 1.36 bits per heavy atom. The second-order valence-electron chi connectivity index (χ2n) is 7.64. The maximum atomic E-state index is 13.8. The zero-order chi connectivity index (χ0) is 22.8. The fraction of sp³-hybridized carbons (Fsp3) is 0.0714. The highest BCUT2D eigenvalue weighted by Gasteiger charge is 2.18. The number of methoxy groups -OCH3 is 1. The first-order valence-electron chi connectivity index (χ1n) is 10.6. The Labute approximate surface area is 190 Å². The number of carbonyl (C=O) groups excluding carboxylic acids is 1. The van der Waals surface area contributed by atoms with E-state index in [4.69, 9.17) is 9.47 Å². The molecular formula is C28H21NO4. The van der Waals surface area contributed by atoms with Gasteiger partial charge < -0.3 is 9.47 Å². The summed E-state index contributed by atoms with van der Waals surface area (Å²) in [5.41, 5.74) is 2.47. The van der Waals surface area contributed by atoms with Crippen LogP contribution in [0.2, 0.25) is 0 Å². The number of pyridine rings is 1. The summed E-state index contributed by atoms with van der Waals surface area (Å²) in [4.78, 5) is 26.8. The van der Waals surface area contributed by atoms with Gasteiger partial charge in [0.25, 0.3) is 5.91 Å². The van der Waals surface area contributed by atoms with Gasteiger partial charge in [-0.2, -0.15) is 0 Å². The van der Waals surface area contributed by atoms with Crippen LogP contribution in [0.25, 0.3) is 21.8 Å². The summed E-state index contributed by atoms with van der Waals surface area (Å²) >= 11 is 0.